The second kappa shape index (κ2) is 11.9. The number of hydrogen-bond acceptors (Lipinski definition) is 6. The molecule has 5 aliphatic carbocycles. The Morgan fingerprint density at radius 1 is 0.857 bits per heavy atom. The summed E-state index contributed by atoms with van der Waals surface area (Å²) in [7, 11) is 1.83. The molecule has 5 saturated carbocycles. The van der Waals surface area contributed by atoms with E-state index in [1.807, 2.05) is 14.0 Å². The largest absolute Gasteiger partial charge is 0.492 e. The van der Waals surface area contributed by atoms with Crippen LogP contribution in [0.25, 0.3) is 0 Å². The molecule has 0 unspecified atom stereocenters. The molecule has 196 valence electrons. The van der Waals surface area contributed by atoms with Gasteiger partial charge in [0.15, 0.2) is 0 Å². The fourth-order valence-electron chi connectivity index (χ4n) is 7.47. The van der Waals surface area contributed by atoms with Gasteiger partial charge in [0.25, 0.3) is 0 Å². The molecule has 6 nitrogen and oxygen atoms in total. The van der Waals surface area contributed by atoms with Gasteiger partial charge >= 0.3 is 0 Å². The van der Waals surface area contributed by atoms with Gasteiger partial charge in [-0.1, -0.05) is 12.1 Å². The number of hydrogen-bond donors (Lipinski definition) is 1. The number of methoxy groups -OCH3 is 1. The zero-order chi connectivity index (χ0) is 24.1. The quantitative estimate of drug-likeness (QED) is 0.172. The third kappa shape index (κ3) is 5.88. The Morgan fingerprint density at radius 2 is 1.51 bits per heavy atom. The molecular weight excluding hydrogens is 442 g/mol. The van der Waals surface area contributed by atoms with Gasteiger partial charge in [0.05, 0.1) is 12.7 Å². The molecule has 0 atom stereocenters. The fraction of sp³-hybridized carbons (Fsp3) is 0.793. The molecular formula is C29H45NO5. The smallest absolute Gasteiger partial charge is 0.207 e. The molecule has 0 spiro atoms. The van der Waals surface area contributed by atoms with E-state index in [4.69, 9.17) is 24.0 Å². The van der Waals surface area contributed by atoms with Crippen molar-refractivity contribution in [2.75, 3.05) is 40.0 Å². The SMILES string of the molecule is CCOCCNCCOc1ccc([C@H]2CC[C@@H](OOC3(OC)C4CC5CC(C4)CC3C5)CC2)cc1. The van der Waals surface area contributed by atoms with Gasteiger partial charge < -0.3 is 19.5 Å². The van der Waals surface area contributed by atoms with Crippen molar-refractivity contribution in [2.24, 2.45) is 23.7 Å². The van der Waals surface area contributed by atoms with Crippen LogP contribution in [-0.4, -0.2) is 51.9 Å². The second-order valence-corrected chi connectivity index (χ2v) is 11.2. The van der Waals surface area contributed by atoms with E-state index in [0.29, 0.717) is 24.4 Å². The Balaban J connectivity index is 1.03. The maximum absolute atomic E-state index is 6.28. The molecule has 0 radical (unpaired) electrons. The summed E-state index contributed by atoms with van der Waals surface area (Å²) in [6.45, 7) is 5.89. The van der Waals surface area contributed by atoms with Crippen molar-refractivity contribution >= 4 is 0 Å². The normalized spacial score (nSPS) is 35.9. The molecule has 6 rings (SSSR count). The highest BCUT2D eigenvalue weighted by atomic mass is 17.2. The average molecular weight is 488 g/mol. The van der Waals surface area contributed by atoms with Crippen LogP contribution in [0.3, 0.4) is 0 Å². The molecule has 5 fully saturated rings. The van der Waals surface area contributed by atoms with Crippen molar-refractivity contribution in [3.8, 4) is 5.75 Å². The molecule has 0 amide bonds. The number of rotatable bonds is 13. The van der Waals surface area contributed by atoms with Gasteiger partial charge in [0.1, 0.15) is 12.4 Å². The first kappa shape index (κ1) is 25.5. The van der Waals surface area contributed by atoms with E-state index in [-0.39, 0.29) is 6.10 Å². The predicted molar refractivity (Wildman–Crippen MR) is 135 cm³/mol. The number of nitrogens with one attached hydrogen (secondary N) is 1. The average Bonchev–Trinajstić information content (AvgIpc) is 2.89. The summed E-state index contributed by atoms with van der Waals surface area (Å²) in [6, 6.07) is 8.68. The molecule has 1 aromatic rings. The van der Waals surface area contributed by atoms with Gasteiger partial charge in [-0.2, -0.15) is 0 Å². The van der Waals surface area contributed by atoms with Crippen LogP contribution in [0, 0.1) is 23.7 Å². The van der Waals surface area contributed by atoms with E-state index in [1.54, 1.807) is 0 Å². The van der Waals surface area contributed by atoms with Crippen LogP contribution >= 0.6 is 0 Å². The molecule has 1 N–H and O–H groups in total. The summed E-state index contributed by atoms with van der Waals surface area (Å²) < 4.78 is 17.3. The van der Waals surface area contributed by atoms with E-state index in [2.05, 4.69) is 29.6 Å². The third-order valence-corrected chi connectivity index (χ3v) is 9.11. The van der Waals surface area contributed by atoms with Crippen molar-refractivity contribution in [3.05, 3.63) is 29.8 Å². The third-order valence-electron chi connectivity index (χ3n) is 9.11. The molecule has 0 heterocycles. The number of ether oxygens (including phenoxy) is 3. The van der Waals surface area contributed by atoms with E-state index in [1.165, 1.54) is 37.7 Å². The van der Waals surface area contributed by atoms with Gasteiger partial charge in [0.2, 0.25) is 5.79 Å². The van der Waals surface area contributed by atoms with Crippen LogP contribution in [0.4, 0.5) is 0 Å². The summed E-state index contributed by atoms with van der Waals surface area (Å²) in [5.41, 5.74) is 1.40. The van der Waals surface area contributed by atoms with Crippen molar-refractivity contribution in [2.45, 2.75) is 82.5 Å². The lowest BCUT2D eigenvalue weighted by molar-refractivity contribution is -0.485. The Bertz CT molecular complexity index is 748. The van der Waals surface area contributed by atoms with Crippen molar-refractivity contribution in [1.82, 2.24) is 5.32 Å². The first-order valence-electron chi connectivity index (χ1n) is 14.1. The lowest BCUT2D eigenvalue weighted by Gasteiger charge is -2.58. The maximum atomic E-state index is 6.28. The Morgan fingerprint density at radius 3 is 2.14 bits per heavy atom. The molecule has 0 saturated heterocycles. The van der Waals surface area contributed by atoms with Gasteiger partial charge in [-0.15, -0.1) is 0 Å². The lowest BCUT2D eigenvalue weighted by atomic mass is 9.53. The minimum Gasteiger partial charge on any atom is -0.492 e. The first-order chi connectivity index (χ1) is 17.2. The van der Waals surface area contributed by atoms with Crippen LogP contribution in [0.15, 0.2) is 24.3 Å². The summed E-state index contributed by atoms with van der Waals surface area (Å²) >= 11 is 0. The molecule has 35 heavy (non-hydrogen) atoms. The van der Waals surface area contributed by atoms with Gasteiger partial charge in [-0.3, -0.25) is 0 Å². The Labute approximate surface area is 211 Å². The maximum Gasteiger partial charge on any atom is 0.207 e. The summed E-state index contributed by atoms with van der Waals surface area (Å²) in [6.07, 6.45) is 11.0. The molecule has 5 aliphatic rings. The van der Waals surface area contributed by atoms with E-state index < -0.39 is 5.79 Å². The Hall–Kier alpha value is -1.18. The van der Waals surface area contributed by atoms with Crippen LogP contribution in [-0.2, 0) is 19.2 Å². The van der Waals surface area contributed by atoms with Crippen LogP contribution in [0.2, 0.25) is 0 Å². The van der Waals surface area contributed by atoms with Gasteiger partial charge in [-0.25, -0.2) is 9.78 Å². The summed E-state index contributed by atoms with van der Waals surface area (Å²) in [5.74, 6) is 3.81. The predicted octanol–water partition coefficient (Wildman–Crippen LogP) is 5.46. The van der Waals surface area contributed by atoms with Crippen molar-refractivity contribution < 1.29 is 24.0 Å². The van der Waals surface area contributed by atoms with Crippen LogP contribution in [0.1, 0.15) is 76.2 Å². The van der Waals surface area contributed by atoms with Crippen LogP contribution < -0.4 is 10.1 Å². The molecule has 6 heteroatoms. The zero-order valence-corrected chi connectivity index (χ0v) is 21.7. The molecule has 1 aromatic carbocycles. The monoisotopic (exact) mass is 487 g/mol. The van der Waals surface area contributed by atoms with Gasteiger partial charge in [-0.05, 0) is 100 Å². The second-order valence-electron chi connectivity index (χ2n) is 11.2. The minimum atomic E-state index is -0.501. The van der Waals surface area contributed by atoms with Crippen LogP contribution in [0.5, 0.6) is 5.75 Å². The van der Waals surface area contributed by atoms with Gasteiger partial charge in [0, 0.05) is 38.6 Å². The molecule has 0 aromatic heterocycles. The van der Waals surface area contributed by atoms with Crippen molar-refractivity contribution in [1.29, 1.82) is 0 Å². The van der Waals surface area contributed by atoms with E-state index in [0.717, 1.165) is 69.6 Å². The standard InChI is InChI=1S/C29H45NO5/c1-3-32-14-12-30-13-15-33-27-8-4-23(5-9-27)24-6-10-28(11-7-24)34-35-29(31-2)25-17-21-16-22(19-25)20-26(29)18-21/h4-5,8-9,21-22,24-26,28,30H,3,6-7,10-20H2,1-2H3/t21?,22?,24-,25?,26?,28+,29?. The van der Waals surface area contributed by atoms with E-state index >= 15 is 0 Å². The Kier molecular flexibility index (Phi) is 8.67. The molecule has 4 bridgehead atoms. The zero-order valence-electron chi connectivity index (χ0n) is 21.7. The summed E-state index contributed by atoms with van der Waals surface area (Å²) in [5, 5.41) is 3.33. The highest BCUT2D eigenvalue weighted by Gasteiger charge is 2.60. The highest BCUT2D eigenvalue weighted by molar-refractivity contribution is 5.29. The molecule has 0 aliphatic heterocycles. The number of benzene rings is 1. The lowest BCUT2D eigenvalue weighted by Crippen LogP contribution is -2.60. The minimum absolute atomic E-state index is 0.174. The highest BCUT2D eigenvalue weighted by Crippen LogP contribution is 2.60. The van der Waals surface area contributed by atoms with Crippen molar-refractivity contribution in [3.63, 3.8) is 0 Å². The summed E-state index contributed by atoms with van der Waals surface area (Å²) in [4.78, 5) is 12.4. The topological polar surface area (TPSA) is 58.2 Å². The van der Waals surface area contributed by atoms with E-state index in [9.17, 15) is 0 Å². The fourth-order valence-corrected chi connectivity index (χ4v) is 7.47. The first-order valence-corrected chi connectivity index (χ1v) is 14.1.